The fraction of sp³-hybridized carbons (Fsp3) is 0.320. The van der Waals surface area contributed by atoms with E-state index in [0.29, 0.717) is 12.0 Å². The Balaban J connectivity index is 1.38. The van der Waals surface area contributed by atoms with Crippen LogP contribution in [0.3, 0.4) is 0 Å². The molecule has 3 aromatic rings. The van der Waals surface area contributed by atoms with Crippen molar-refractivity contribution in [2.75, 3.05) is 24.5 Å². The summed E-state index contributed by atoms with van der Waals surface area (Å²) < 4.78 is 0. The molecular weight excluding hydrogens is 372 g/mol. The van der Waals surface area contributed by atoms with Crippen LogP contribution >= 0.6 is 0 Å². The number of aromatic nitrogens is 2. The van der Waals surface area contributed by atoms with E-state index in [1.807, 2.05) is 67.3 Å². The lowest BCUT2D eigenvalue weighted by Gasteiger charge is -2.53. The summed E-state index contributed by atoms with van der Waals surface area (Å²) in [4.78, 5) is 27.1. The minimum atomic E-state index is 0.112. The fourth-order valence-electron chi connectivity index (χ4n) is 4.76. The number of anilines is 1. The first-order valence-electron chi connectivity index (χ1n) is 10.6. The van der Waals surface area contributed by atoms with Gasteiger partial charge in [-0.05, 0) is 43.5 Å². The lowest BCUT2D eigenvalue weighted by atomic mass is 9.82. The lowest BCUT2D eigenvalue weighted by Crippen LogP contribution is -2.65. The van der Waals surface area contributed by atoms with E-state index < -0.39 is 0 Å². The maximum absolute atomic E-state index is 13.5. The van der Waals surface area contributed by atoms with Gasteiger partial charge in [0.1, 0.15) is 0 Å². The highest BCUT2D eigenvalue weighted by Gasteiger charge is 2.45. The van der Waals surface area contributed by atoms with Crippen molar-refractivity contribution in [2.45, 2.75) is 26.3 Å². The van der Waals surface area contributed by atoms with Gasteiger partial charge >= 0.3 is 0 Å². The SMILES string of the molecule is Cc1cc(C)nc(N2C[C@@H]3CCN(C(=O)c4ccccc4-c4ccccc4)C[C@@H]32)n1. The number of carbonyl (C=O) groups is 1. The molecule has 2 atom stereocenters. The highest BCUT2D eigenvalue weighted by Crippen LogP contribution is 2.36. The third-order valence-electron chi connectivity index (χ3n) is 6.31. The largest absolute Gasteiger partial charge is 0.337 e. The van der Waals surface area contributed by atoms with E-state index in [4.69, 9.17) is 0 Å². The number of benzene rings is 2. The van der Waals surface area contributed by atoms with E-state index in [-0.39, 0.29) is 5.91 Å². The molecule has 5 rings (SSSR count). The molecule has 2 aliphatic rings. The molecule has 0 unspecified atom stereocenters. The second-order valence-electron chi connectivity index (χ2n) is 8.38. The number of hydrogen-bond acceptors (Lipinski definition) is 4. The van der Waals surface area contributed by atoms with Gasteiger partial charge in [0.25, 0.3) is 5.91 Å². The molecule has 1 aromatic heterocycles. The standard InChI is InChI=1S/C25H26N4O/c1-17-14-18(2)27-25(26-17)29-15-20-12-13-28(16-23(20)29)24(30)22-11-7-6-10-21(22)19-8-4-3-5-9-19/h3-11,14,20,23H,12-13,15-16H2,1-2H3/t20-,23-/m0/s1. The van der Waals surface area contributed by atoms with Crippen LogP contribution in [0.4, 0.5) is 5.95 Å². The average molecular weight is 399 g/mol. The van der Waals surface area contributed by atoms with Crippen LogP contribution in [-0.4, -0.2) is 46.5 Å². The molecule has 1 amide bonds. The van der Waals surface area contributed by atoms with Gasteiger partial charge in [0.15, 0.2) is 0 Å². The molecule has 0 N–H and O–H groups in total. The minimum Gasteiger partial charge on any atom is -0.337 e. The number of hydrogen-bond donors (Lipinski definition) is 0. The van der Waals surface area contributed by atoms with Crippen LogP contribution in [0.25, 0.3) is 11.1 Å². The normalized spacial score (nSPS) is 20.5. The summed E-state index contributed by atoms with van der Waals surface area (Å²) in [6.07, 6.45) is 1.03. The Morgan fingerprint density at radius 1 is 0.933 bits per heavy atom. The van der Waals surface area contributed by atoms with Gasteiger partial charge in [-0.1, -0.05) is 48.5 Å². The minimum absolute atomic E-state index is 0.112. The summed E-state index contributed by atoms with van der Waals surface area (Å²) in [5, 5.41) is 0. The number of likely N-dealkylation sites (tertiary alicyclic amines) is 1. The average Bonchev–Trinajstić information content (AvgIpc) is 2.74. The third-order valence-corrected chi connectivity index (χ3v) is 6.31. The number of rotatable bonds is 3. The predicted octanol–water partition coefficient (Wildman–Crippen LogP) is 4.11. The predicted molar refractivity (Wildman–Crippen MR) is 119 cm³/mol. The molecule has 2 fully saturated rings. The van der Waals surface area contributed by atoms with Crippen molar-refractivity contribution in [1.29, 1.82) is 0 Å². The molecule has 152 valence electrons. The van der Waals surface area contributed by atoms with Crippen LogP contribution in [0.15, 0.2) is 60.7 Å². The van der Waals surface area contributed by atoms with Crippen molar-refractivity contribution in [3.63, 3.8) is 0 Å². The van der Waals surface area contributed by atoms with Crippen molar-refractivity contribution < 1.29 is 4.79 Å². The molecular formula is C25H26N4O. The van der Waals surface area contributed by atoms with E-state index in [1.54, 1.807) is 0 Å². The Hall–Kier alpha value is -3.21. The second kappa shape index (κ2) is 7.56. The van der Waals surface area contributed by atoms with Gasteiger partial charge < -0.3 is 9.80 Å². The van der Waals surface area contributed by atoms with E-state index in [2.05, 4.69) is 27.0 Å². The molecule has 0 aliphatic carbocycles. The van der Waals surface area contributed by atoms with Crippen molar-refractivity contribution in [3.8, 4) is 11.1 Å². The zero-order valence-electron chi connectivity index (χ0n) is 17.5. The van der Waals surface area contributed by atoms with Gasteiger partial charge in [0.2, 0.25) is 5.95 Å². The quantitative estimate of drug-likeness (QED) is 0.666. The van der Waals surface area contributed by atoms with Gasteiger partial charge in [0.05, 0.1) is 6.04 Å². The molecule has 0 bridgehead atoms. The Labute approximate surface area is 177 Å². The first-order valence-corrected chi connectivity index (χ1v) is 10.6. The maximum Gasteiger partial charge on any atom is 0.254 e. The van der Waals surface area contributed by atoms with Crippen LogP contribution in [0.1, 0.15) is 28.2 Å². The van der Waals surface area contributed by atoms with Crippen LogP contribution < -0.4 is 4.90 Å². The van der Waals surface area contributed by atoms with E-state index in [1.165, 1.54) is 0 Å². The molecule has 2 aliphatic heterocycles. The van der Waals surface area contributed by atoms with Crippen LogP contribution in [0.2, 0.25) is 0 Å². The topological polar surface area (TPSA) is 49.3 Å². The van der Waals surface area contributed by atoms with Crippen LogP contribution in [-0.2, 0) is 0 Å². The summed E-state index contributed by atoms with van der Waals surface area (Å²) in [6.45, 7) is 6.53. The van der Waals surface area contributed by atoms with E-state index >= 15 is 0 Å². The Morgan fingerprint density at radius 2 is 1.63 bits per heavy atom. The Kier molecular flexibility index (Phi) is 4.74. The van der Waals surface area contributed by atoms with Gasteiger partial charge in [-0.15, -0.1) is 0 Å². The zero-order chi connectivity index (χ0) is 20.7. The van der Waals surface area contributed by atoms with Gasteiger partial charge in [0, 0.05) is 42.5 Å². The smallest absolute Gasteiger partial charge is 0.254 e. The summed E-state index contributed by atoms with van der Waals surface area (Å²) in [5.74, 6) is 1.52. The van der Waals surface area contributed by atoms with Crippen molar-refractivity contribution in [3.05, 3.63) is 77.6 Å². The van der Waals surface area contributed by atoms with Crippen LogP contribution in [0.5, 0.6) is 0 Å². The number of nitrogens with zero attached hydrogens (tertiary/aromatic N) is 4. The molecule has 2 saturated heterocycles. The Morgan fingerprint density at radius 3 is 2.40 bits per heavy atom. The molecule has 2 aromatic carbocycles. The first kappa shape index (κ1) is 18.8. The Bertz CT molecular complexity index is 1060. The number of piperidine rings is 1. The number of fused-ring (bicyclic) bond motifs is 1. The van der Waals surface area contributed by atoms with Crippen molar-refractivity contribution in [2.24, 2.45) is 5.92 Å². The fourth-order valence-corrected chi connectivity index (χ4v) is 4.76. The van der Waals surface area contributed by atoms with Crippen molar-refractivity contribution >= 4 is 11.9 Å². The van der Waals surface area contributed by atoms with E-state index in [9.17, 15) is 4.79 Å². The second-order valence-corrected chi connectivity index (χ2v) is 8.38. The van der Waals surface area contributed by atoms with E-state index in [0.717, 1.165) is 60.1 Å². The maximum atomic E-state index is 13.5. The molecule has 0 spiro atoms. The summed E-state index contributed by atoms with van der Waals surface area (Å²) in [6, 6.07) is 20.4. The summed E-state index contributed by atoms with van der Waals surface area (Å²) in [7, 11) is 0. The molecule has 3 heterocycles. The zero-order valence-corrected chi connectivity index (χ0v) is 17.5. The number of amides is 1. The molecule has 0 radical (unpaired) electrons. The van der Waals surface area contributed by atoms with Crippen molar-refractivity contribution in [1.82, 2.24) is 14.9 Å². The van der Waals surface area contributed by atoms with Gasteiger partial charge in [-0.2, -0.15) is 0 Å². The molecule has 5 heteroatoms. The van der Waals surface area contributed by atoms with Gasteiger partial charge in [-0.25, -0.2) is 9.97 Å². The summed E-state index contributed by atoms with van der Waals surface area (Å²) in [5.41, 5.74) is 4.82. The van der Waals surface area contributed by atoms with Gasteiger partial charge in [-0.3, -0.25) is 4.79 Å². The molecule has 5 nitrogen and oxygen atoms in total. The third kappa shape index (κ3) is 3.34. The number of aryl methyl sites for hydroxylation is 2. The monoisotopic (exact) mass is 398 g/mol. The highest BCUT2D eigenvalue weighted by atomic mass is 16.2. The molecule has 0 saturated carbocycles. The summed E-state index contributed by atoms with van der Waals surface area (Å²) >= 11 is 0. The number of carbonyl (C=O) groups excluding carboxylic acids is 1. The highest BCUT2D eigenvalue weighted by molar-refractivity contribution is 6.01. The van der Waals surface area contributed by atoms with Crippen LogP contribution in [0, 0.1) is 19.8 Å². The first-order chi connectivity index (χ1) is 14.6. The molecule has 30 heavy (non-hydrogen) atoms. The lowest BCUT2D eigenvalue weighted by molar-refractivity contribution is 0.0590.